The van der Waals surface area contributed by atoms with Crippen molar-refractivity contribution in [3.63, 3.8) is 0 Å². The molecule has 0 aliphatic carbocycles. The van der Waals surface area contributed by atoms with E-state index in [0.717, 1.165) is 38.1 Å². The fourth-order valence-corrected chi connectivity index (χ4v) is 4.53. The number of carbonyl (C=O) groups excluding carboxylic acids is 1. The molecule has 4 aromatic rings. The number of methoxy groups -OCH3 is 2. The normalized spacial score (nSPS) is 11.9. The van der Waals surface area contributed by atoms with E-state index in [4.69, 9.17) is 9.47 Å². The van der Waals surface area contributed by atoms with Crippen LogP contribution in [0.3, 0.4) is 0 Å². The second kappa shape index (κ2) is 7.48. The predicted octanol–water partition coefficient (Wildman–Crippen LogP) is 4.08. The van der Waals surface area contributed by atoms with Crippen molar-refractivity contribution in [3.05, 3.63) is 65.0 Å². The Kier molecular flexibility index (Phi) is 4.88. The lowest BCUT2D eigenvalue weighted by Crippen LogP contribution is -2.14. The number of nitrogens with zero attached hydrogens (tertiary/aromatic N) is 2. The Bertz CT molecular complexity index is 1250. The Labute approximate surface area is 166 Å². The highest BCUT2D eigenvalue weighted by Gasteiger charge is 2.14. The van der Waals surface area contributed by atoms with Gasteiger partial charge in [-0.15, -0.1) is 0 Å². The van der Waals surface area contributed by atoms with E-state index < -0.39 is 0 Å². The third kappa shape index (κ3) is 3.16. The number of aryl methyl sites for hydroxylation is 1. The molecule has 4 rings (SSSR count). The molecule has 0 N–H and O–H groups in total. The van der Waals surface area contributed by atoms with E-state index in [2.05, 4.69) is 4.99 Å². The van der Waals surface area contributed by atoms with Crippen LogP contribution in [0.2, 0.25) is 0 Å². The smallest absolute Gasteiger partial charge is 0.252 e. The molecule has 1 heterocycles. The molecular formula is C22H20N2O3S. The monoisotopic (exact) mass is 392 g/mol. The van der Waals surface area contributed by atoms with Gasteiger partial charge in [-0.1, -0.05) is 53.8 Å². The fourth-order valence-electron chi connectivity index (χ4n) is 3.39. The summed E-state index contributed by atoms with van der Waals surface area (Å²) in [5, 5.41) is 2.20. The van der Waals surface area contributed by atoms with Crippen LogP contribution >= 0.6 is 11.3 Å². The number of carbonyl (C=O) groups is 1. The highest BCUT2D eigenvalue weighted by molar-refractivity contribution is 7.16. The minimum atomic E-state index is -0.184. The topological polar surface area (TPSA) is 52.8 Å². The number of hydrogen-bond acceptors (Lipinski definition) is 4. The van der Waals surface area contributed by atoms with E-state index in [1.165, 1.54) is 11.3 Å². The summed E-state index contributed by atoms with van der Waals surface area (Å²) in [4.78, 5) is 17.7. The van der Waals surface area contributed by atoms with Gasteiger partial charge in [0.1, 0.15) is 21.7 Å². The summed E-state index contributed by atoms with van der Waals surface area (Å²) in [6, 6.07) is 17.8. The molecular weight excluding hydrogens is 372 g/mol. The van der Waals surface area contributed by atoms with Crippen LogP contribution in [0, 0.1) is 0 Å². The number of rotatable bonds is 4. The van der Waals surface area contributed by atoms with E-state index in [9.17, 15) is 4.79 Å². The highest BCUT2D eigenvalue weighted by Crippen LogP contribution is 2.34. The van der Waals surface area contributed by atoms with Crippen LogP contribution in [-0.4, -0.2) is 24.7 Å². The van der Waals surface area contributed by atoms with Crippen molar-refractivity contribution in [2.75, 3.05) is 14.2 Å². The van der Waals surface area contributed by atoms with Crippen LogP contribution < -0.4 is 14.3 Å². The number of hydrogen-bond donors (Lipinski definition) is 0. The van der Waals surface area contributed by atoms with Crippen LogP contribution in [0.4, 0.5) is 0 Å². The summed E-state index contributed by atoms with van der Waals surface area (Å²) < 4.78 is 13.7. The average molecular weight is 392 g/mol. The van der Waals surface area contributed by atoms with Crippen LogP contribution in [0.25, 0.3) is 21.0 Å². The molecule has 0 bridgehead atoms. The molecule has 3 aromatic carbocycles. The number of thiazole rings is 1. The molecule has 0 aliphatic rings. The summed E-state index contributed by atoms with van der Waals surface area (Å²) in [5.41, 5.74) is 1.84. The first kappa shape index (κ1) is 18.3. The highest BCUT2D eigenvalue weighted by atomic mass is 32.1. The van der Waals surface area contributed by atoms with Gasteiger partial charge in [0.05, 0.1) is 20.6 Å². The van der Waals surface area contributed by atoms with Gasteiger partial charge in [-0.05, 0) is 28.5 Å². The van der Waals surface area contributed by atoms with E-state index in [1.807, 2.05) is 66.2 Å². The first-order chi connectivity index (χ1) is 13.6. The maximum Gasteiger partial charge on any atom is 0.252 e. The van der Waals surface area contributed by atoms with Crippen LogP contribution in [0.1, 0.15) is 5.56 Å². The van der Waals surface area contributed by atoms with Crippen LogP contribution in [0.5, 0.6) is 11.5 Å². The van der Waals surface area contributed by atoms with Crippen molar-refractivity contribution >= 4 is 38.2 Å². The Morgan fingerprint density at radius 1 is 1.00 bits per heavy atom. The second-order valence-electron chi connectivity index (χ2n) is 6.41. The van der Waals surface area contributed by atoms with E-state index in [0.29, 0.717) is 4.80 Å². The molecule has 1 amide bonds. The first-order valence-electron chi connectivity index (χ1n) is 8.87. The summed E-state index contributed by atoms with van der Waals surface area (Å²) in [6.07, 6.45) is 0.254. The number of aromatic nitrogens is 1. The molecule has 0 saturated heterocycles. The molecule has 0 spiro atoms. The van der Waals surface area contributed by atoms with Crippen molar-refractivity contribution in [3.8, 4) is 11.5 Å². The number of benzene rings is 3. The maximum atomic E-state index is 12.7. The zero-order valence-corrected chi connectivity index (χ0v) is 16.7. The van der Waals surface area contributed by atoms with Crippen LogP contribution in [-0.2, 0) is 18.3 Å². The van der Waals surface area contributed by atoms with Gasteiger partial charge in [0.15, 0.2) is 4.80 Å². The molecule has 142 valence electrons. The second-order valence-corrected chi connectivity index (χ2v) is 7.39. The summed E-state index contributed by atoms with van der Waals surface area (Å²) >= 11 is 1.42. The lowest BCUT2D eigenvalue weighted by Gasteiger charge is -2.06. The fraction of sp³-hybridized carbons (Fsp3) is 0.182. The molecule has 0 aliphatic heterocycles. The van der Waals surface area contributed by atoms with Gasteiger partial charge in [0.25, 0.3) is 5.91 Å². The molecule has 5 nitrogen and oxygen atoms in total. The Morgan fingerprint density at radius 3 is 2.50 bits per heavy atom. The van der Waals surface area contributed by atoms with Crippen molar-refractivity contribution in [1.82, 2.24) is 4.57 Å². The average Bonchev–Trinajstić information content (AvgIpc) is 3.04. The summed E-state index contributed by atoms with van der Waals surface area (Å²) in [5.74, 6) is 1.27. The van der Waals surface area contributed by atoms with Gasteiger partial charge >= 0.3 is 0 Å². The molecule has 0 saturated carbocycles. The molecule has 28 heavy (non-hydrogen) atoms. The zero-order valence-electron chi connectivity index (χ0n) is 15.9. The lowest BCUT2D eigenvalue weighted by atomic mass is 10.0. The van der Waals surface area contributed by atoms with Gasteiger partial charge < -0.3 is 14.0 Å². The number of ether oxygens (including phenoxy) is 2. The summed E-state index contributed by atoms with van der Waals surface area (Å²) in [7, 11) is 5.13. The van der Waals surface area contributed by atoms with Crippen molar-refractivity contribution in [2.24, 2.45) is 12.0 Å². The minimum absolute atomic E-state index is 0.184. The van der Waals surface area contributed by atoms with Gasteiger partial charge in [0.2, 0.25) is 0 Å². The standard InChI is InChI=1S/C22H20N2O3S/c1-24-20-17(26-2)11-12-18(27-3)21(20)28-22(24)23-19(25)13-15-9-6-8-14-7-4-5-10-16(14)15/h4-12H,13H2,1-3H3. The molecule has 0 atom stereocenters. The molecule has 0 fully saturated rings. The Morgan fingerprint density at radius 2 is 1.71 bits per heavy atom. The van der Waals surface area contributed by atoms with Crippen molar-refractivity contribution in [1.29, 1.82) is 0 Å². The zero-order chi connectivity index (χ0) is 19.7. The Balaban J connectivity index is 1.77. The Hall–Kier alpha value is -3.12. The third-order valence-corrected chi connectivity index (χ3v) is 5.90. The van der Waals surface area contributed by atoms with E-state index in [-0.39, 0.29) is 12.3 Å². The largest absolute Gasteiger partial charge is 0.495 e. The predicted molar refractivity (Wildman–Crippen MR) is 112 cm³/mol. The third-order valence-electron chi connectivity index (χ3n) is 4.76. The summed E-state index contributed by atoms with van der Waals surface area (Å²) in [6.45, 7) is 0. The van der Waals surface area contributed by atoms with Gasteiger partial charge in [-0.2, -0.15) is 4.99 Å². The molecule has 0 radical (unpaired) electrons. The van der Waals surface area contributed by atoms with Crippen molar-refractivity contribution < 1.29 is 14.3 Å². The van der Waals surface area contributed by atoms with Gasteiger partial charge in [-0.3, -0.25) is 4.79 Å². The number of amides is 1. The lowest BCUT2D eigenvalue weighted by molar-refractivity contribution is -0.117. The first-order valence-corrected chi connectivity index (χ1v) is 9.68. The quantitative estimate of drug-likeness (QED) is 0.526. The minimum Gasteiger partial charge on any atom is -0.495 e. The molecule has 6 heteroatoms. The molecule has 1 aromatic heterocycles. The van der Waals surface area contributed by atoms with Gasteiger partial charge in [-0.25, -0.2) is 0 Å². The van der Waals surface area contributed by atoms with E-state index in [1.54, 1.807) is 14.2 Å². The maximum absolute atomic E-state index is 12.7. The van der Waals surface area contributed by atoms with Crippen LogP contribution in [0.15, 0.2) is 59.6 Å². The van der Waals surface area contributed by atoms with Gasteiger partial charge in [0, 0.05) is 7.05 Å². The SMILES string of the molecule is COc1ccc(OC)c2c1sc(=NC(=O)Cc1cccc3ccccc13)n2C. The number of fused-ring (bicyclic) bond motifs is 2. The van der Waals surface area contributed by atoms with Crippen molar-refractivity contribution in [2.45, 2.75) is 6.42 Å². The molecule has 0 unspecified atom stereocenters. The van der Waals surface area contributed by atoms with E-state index >= 15 is 0 Å².